The highest BCUT2D eigenvalue weighted by Crippen LogP contribution is 2.44. The number of hydrogen-bond acceptors (Lipinski definition) is 3. The van der Waals surface area contributed by atoms with Crippen LogP contribution in [0.4, 0.5) is 28.9 Å². The third-order valence-electron chi connectivity index (χ3n) is 4.83. The molecule has 9 heteroatoms. The van der Waals surface area contributed by atoms with Crippen molar-refractivity contribution in [2.75, 3.05) is 10.2 Å². The molecule has 1 atom stereocenters. The molecule has 1 N–H and O–H groups in total. The number of amides is 2. The SMILES string of the molecule is CC1Oc2cc(NC(=O)CC(C)(C)C)c(C(F)(F)F)cc2N(Cc2ccc(F)cc2)C1=O. The maximum atomic E-state index is 13.8. The second-order valence-electron chi connectivity index (χ2n) is 8.96. The number of fused-ring (bicyclic) bond motifs is 1. The zero-order valence-corrected chi connectivity index (χ0v) is 18.1. The number of nitrogens with one attached hydrogen (secondary N) is 1. The number of halogens is 4. The van der Waals surface area contributed by atoms with E-state index in [1.165, 1.54) is 36.1 Å². The van der Waals surface area contributed by atoms with Crippen LogP contribution in [0.2, 0.25) is 0 Å². The summed E-state index contributed by atoms with van der Waals surface area (Å²) in [6, 6.07) is 7.22. The zero-order valence-electron chi connectivity index (χ0n) is 18.1. The minimum Gasteiger partial charge on any atom is -0.479 e. The van der Waals surface area contributed by atoms with Crippen LogP contribution in [-0.4, -0.2) is 17.9 Å². The van der Waals surface area contributed by atoms with Crippen LogP contribution < -0.4 is 15.0 Å². The van der Waals surface area contributed by atoms with Crippen LogP contribution in [0.15, 0.2) is 36.4 Å². The number of ether oxygens (including phenoxy) is 1. The normalized spacial score (nSPS) is 16.4. The lowest BCUT2D eigenvalue weighted by atomic mass is 9.92. The Labute approximate surface area is 183 Å². The molecular formula is C23H24F4N2O3. The van der Waals surface area contributed by atoms with Gasteiger partial charge in [0.15, 0.2) is 6.10 Å². The van der Waals surface area contributed by atoms with E-state index in [4.69, 9.17) is 4.74 Å². The molecule has 172 valence electrons. The molecule has 2 amide bonds. The average Bonchev–Trinajstić information content (AvgIpc) is 2.64. The minimum absolute atomic E-state index is 0.0216. The Morgan fingerprint density at radius 1 is 1.12 bits per heavy atom. The smallest absolute Gasteiger partial charge is 0.418 e. The quantitative estimate of drug-likeness (QED) is 0.621. The number of anilines is 2. The second-order valence-corrected chi connectivity index (χ2v) is 8.96. The van der Waals surface area contributed by atoms with Crippen molar-refractivity contribution in [3.63, 3.8) is 0 Å². The molecule has 0 fully saturated rings. The first-order chi connectivity index (χ1) is 14.7. The van der Waals surface area contributed by atoms with Gasteiger partial charge in [0.1, 0.15) is 11.6 Å². The van der Waals surface area contributed by atoms with Crippen molar-refractivity contribution in [1.29, 1.82) is 0 Å². The molecule has 0 aromatic heterocycles. The number of carbonyl (C=O) groups excluding carboxylic acids is 2. The molecule has 0 spiro atoms. The van der Waals surface area contributed by atoms with Gasteiger partial charge in [-0.25, -0.2) is 4.39 Å². The van der Waals surface area contributed by atoms with Crippen molar-refractivity contribution in [3.05, 3.63) is 53.3 Å². The summed E-state index contributed by atoms with van der Waals surface area (Å²) in [7, 11) is 0. The van der Waals surface area contributed by atoms with Crippen molar-refractivity contribution in [2.45, 2.75) is 52.9 Å². The molecule has 1 aliphatic heterocycles. The van der Waals surface area contributed by atoms with Crippen molar-refractivity contribution in [3.8, 4) is 5.75 Å². The second kappa shape index (κ2) is 8.44. The zero-order chi connectivity index (χ0) is 23.8. The fourth-order valence-corrected chi connectivity index (χ4v) is 3.40. The number of benzene rings is 2. The van der Waals surface area contributed by atoms with E-state index in [0.29, 0.717) is 5.56 Å². The Bertz CT molecular complexity index is 1030. The molecule has 3 rings (SSSR count). The highest BCUT2D eigenvalue weighted by molar-refractivity contribution is 6.01. The van der Waals surface area contributed by atoms with E-state index >= 15 is 0 Å². The van der Waals surface area contributed by atoms with Crippen LogP contribution in [0, 0.1) is 11.2 Å². The third-order valence-corrected chi connectivity index (χ3v) is 4.83. The molecule has 32 heavy (non-hydrogen) atoms. The van der Waals surface area contributed by atoms with Crippen LogP contribution in [0.25, 0.3) is 0 Å². The molecule has 0 saturated carbocycles. The number of rotatable bonds is 4. The van der Waals surface area contributed by atoms with Crippen molar-refractivity contribution in [1.82, 2.24) is 0 Å². The molecule has 0 radical (unpaired) electrons. The van der Waals surface area contributed by atoms with Gasteiger partial charge in [0.05, 0.1) is 23.5 Å². The van der Waals surface area contributed by atoms with Crippen LogP contribution in [0.1, 0.15) is 45.2 Å². The molecule has 1 unspecified atom stereocenters. The molecule has 2 aromatic carbocycles. The third kappa shape index (κ3) is 5.38. The van der Waals surface area contributed by atoms with Gasteiger partial charge in [0, 0.05) is 12.5 Å². The Kier molecular flexibility index (Phi) is 6.22. The summed E-state index contributed by atoms with van der Waals surface area (Å²) in [6.07, 6.45) is -5.71. The van der Waals surface area contributed by atoms with Gasteiger partial charge in [0.25, 0.3) is 5.91 Å². The molecule has 0 aliphatic carbocycles. The predicted molar refractivity (Wildman–Crippen MR) is 112 cm³/mol. The lowest BCUT2D eigenvalue weighted by Gasteiger charge is -2.34. The predicted octanol–water partition coefficient (Wildman–Crippen LogP) is 5.53. The van der Waals surface area contributed by atoms with Crippen molar-refractivity contribution >= 4 is 23.2 Å². The molecular weight excluding hydrogens is 428 g/mol. The molecule has 1 aliphatic rings. The molecule has 2 aromatic rings. The Hall–Kier alpha value is -3.10. The summed E-state index contributed by atoms with van der Waals surface area (Å²) < 4.78 is 60.3. The van der Waals surface area contributed by atoms with E-state index < -0.39 is 46.6 Å². The van der Waals surface area contributed by atoms with E-state index in [-0.39, 0.29) is 24.4 Å². The summed E-state index contributed by atoms with van der Waals surface area (Å²) in [5.74, 6) is -1.52. The highest BCUT2D eigenvalue weighted by Gasteiger charge is 2.39. The molecule has 5 nitrogen and oxygen atoms in total. The summed E-state index contributed by atoms with van der Waals surface area (Å²) in [5.41, 5.74) is -1.48. The highest BCUT2D eigenvalue weighted by atomic mass is 19.4. The first-order valence-corrected chi connectivity index (χ1v) is 10.0. The number of carbonyl (C=O) groups is 2. The first kappa shape index (κ1) is 23.6. The van der Waals surface area contributed by atoms with Gasteiger partial charge < -0.3 is 15.0 Å². The summed E-state index contributed by atoms with van der Waals surface area (Å²) in [5, 5.41) is 2.34. The van der Waals surface area contributed by atoms with Gasteiger partial charge in [-0.2, -0.15) is 13.2 Å². The van der Waals surface area contributed by atoms with Gasteiger partial charge in [-0.05, 0) is 36.1 Å². The lowest BCUT2D eigenvalue weighted by molar-refractivity contribution is -0.137. The van der Waals surface area contributed by atoms with Crippen molar-refractivity contribution in [2.24, 2.45) is 5.41 Å². The van der Waals surface area contributed by atoms with E-state index in [1.54, 1.807) is 20.8 Å². The van der Waals surface area contributed by atoms with Crippen LogP contribution in [0.3, 0.4) is 0 Å². The summed E-state index contributed by atoms with van der Waals surface area (Å²) >= 11 is 0. The van der Waals surface area contributed by atoms with Crippen LogP contribution in [0.5, 0.6) is 5.75 Å². The fourth-order valence-electron chi connectivity index (χ4n) is 3.40. The Morgan fingerprint density at radius 3 is 2.31 bits per heavy atom. The number of hydrogen-bond donors (Lipinski definition) is 1. The number of nitrogens with zero attached hydrogens (tertiary/aromatic N) is 1. The molecule has 1 heterocycles. The maximum absolute atomic E-state index is 13.8. The topological polar surface area (TPSA) is 58.6 Å². The standard InChI is InChI=1S/C23H24F4N2O3/c1-13-21(31)29(12-14-5-7-15(24)8-6-14)18-9-16(23(25,26)27)17(10-19(18)32-13)28-20(30)11-22(2,3)4/h5-10,13H,11-12H2,1-4H3,(H,28,30). The largest absolute Gasteiger partial charge is 0.479 e. The van der Waals surface area contributed by atoms with Gasteiger partial charge >= 0.3 is 6.18 Å². The summed E-state index contributed by atoms with van der Waals surface area (Å²) in [6.45, 7) is 6.82. The van der Waals surface area contributed by atoms with E-state index in [2.05, 4.69) is 5.32 Å². The van der Waals surface area contributed by atoms with Gasteiger partial charge in [-0.1, -0.05) is 32.9 Å². The Balaban J connectivity index is 2.04. The number of alkyl halides is 3. The molecule has 0 bridgehead atoms. The fraction of sp³-hybridized carbons (Fsp3) is 0.391. The summed E-state index contributed by atoms with van der Waals surface area (Å²) in [4.78, 5) is 26.2. The van der Waals surface area contributed by atoms with E-state index in [9.17, 15) is 27.2 Å². The van der Waals surface area contributed by atoms with E-state index in [0.717, 1.165) is 12.1 Å². The lowest BCUT2D eigenvalue weighted by Crippen LogP contribution is -2.44. The average molecular weight is 452 g/mol. The minimum atomic E-state index is -4.78. The Morgan fingerprint density at radius 2 is 1.75 bits per heavy atom. The van der Waals surface area contributed by atoms with Crippen LogP contribution >= 0.6 is 0 Å². The van der Waals surface area contributed by atoms with Gasteiger partial charge in [-0.3, -0.25) is 9.59 Å². The van der Waals surface area contributed by atoms with Crippen molar-refractivity contribution < 1.29 is 31.9 Å². The monoisotopic (exact) mass is 452 g/mol. The molecule has 0 saturated heterocycles. The van der Waals surface area contributed by atoms with Gasteiger partial charge in [0.2, 0.25) is 5.91 Å². The van der Waals surface area contributed by atoms with Gasteiger partial charge in [-0.15, -0.1) is 0 Å². The maximum Gasteiger partial charge on any atom is 0.418 e. The van der Waals surface area contributed by atoms with E-state index in [1.807, 2.05) is 0 Å². The van der Waals surface area contributed by atoms with Crippen LogP contribution in [-0.2, 0) is 22.3 Å². The first-order valence-electron chi connectivity index (χ1n) is 10.0.